The average molecular weight is 235 g/mol. The molecule has 0 saturated carbocycles. The van der Waals surface area contributed by atoms with E-state index in [1.165, 1.54) is 5.56 Å². The fourth-order valence-corrected chi connectivity index (χ4v) is 2.01. The Morgan fingerprint density at radius 1 is 1.18 bits per heavy atom. The van der Waals surface area contributed by atoms with Crippen LogP contribution < -0.4 is 5.73 Å². The van der Waals surface area contributed by atoms with Gasteiger partial charge in [-0.2, -0.15) is 0 Å². The van der Waals surface area contributed by atoms with Gasteiger partial charge in [0.05, 0.1) is 12.1 Å². The molecule has 2 nitrogen and oxygen atoms in total. The Bertz CT molecular complexity index is 360. The molecule has 2 atom stereocenters. The molecular weight excluding hydrogens is 210 g/mol. The van der Waals surface area contributed by atoms with Crippen molar-refractivity contribution in [2.45, 2.75) is 52.7 Å². The molecule has 0 saturated heterocycles. The maximum atomic E-state index is 10.1. The van der Waals surface area contributed by atoms with E-state index in [0.717, 1.165) is 24.0 Å². The Morgan fingerprint density at radius 3 is 2.41 bits per heavy atom. The van der Waals surface area contributed by atoms with Crippen molar-refractivity contribution in [2.24, 2.45) is 11.7 Å². The molecule has 0 unspecified atom stereocenters. The van der Waals surface area contributed by atoms with E-state index in [4.69, 9.17) is 5.73 Å². The molecule has 0 aromatic heterocycles. The minimum Gasteiger partial charge on any atom is -0.391 e. The summed E-state index contributed by atoms with van der Waals surface area (Å²) in [5, 5.41) is 10.1. The van der Waals surface area contributed by atoms with E-state index in [9.17, 15) is 5.11 Å². The molecule has 0 fully saturated rings. The summed E-state index contributed by atoms with van der Waals surface area (Å²) in [6.45, 7) is 8.42. The summed E-state index contributed by atoms with van der Waals surface area (Å²) in [4.78, 5) is 0. The van der Waals surface area contributed by atoms with Crippen LogP contribution in [-0.2, 0) is 0 Å². The third-order valence-electron chi connectivity index (χ3n) is 3.25. The second-order valence-corrected chi connectivity index (χ2v) is 5.42. The van der Waals surface area contributed by atoms with Crippen molar-refractivity contribution in [3.8, 4) is 0 Å². The highest BCUT2D eigenvalue weighted by atomic mass is 16.3. The van der Waals surface area contributed by atoms with Crippen molar-refractivity contribution in [2.75, 3.05) is 0 Å². The Morgan fingerprint density at radius 2 is 1.82 bits per heavy atom. The minimum atomic E-state index is -0.446. The largest absolute Gasteiger partial charge is 0.391 e. The van der Waals surface area contributed by atoms with E-state index in [0.29, 0.717) is 5.92 Å². The summed E-state index contributed by atoms with van der Waals surface area (Å²) in [6, 6.07) is 5.96. The number of aliphatic hydroxyl groups excluding tert-OH is 1. The Balaban J connectivity index is 2.74. The molecule has 0 amide bonds. The number of aliphatic hydroxyl groups is 1. The third-order valence-corrected chi connectivity index (χ3v) is 3.25. The van der Waals surface area contributed by atoms with Crippen LogP contribution in [0.3, 0.4) is 0 Å². The fraction of sp³-hybridized carbons (Fsp3) is 0.600. The molecule has 0 radical (unpaired) electrons. The lowest BCUT2D eigenvalue weighted by atomic mass is 9.92. The summed E-state index contributed by atoms with van der Waals surface area (Å²) in [5.41, 5.74) is 9.57. The number of hydrogen-bond donors (Lipinski definition) is 2. The van der Waals surface area contributed by atoms with Crippen molar-refractivity contribution in [1.82, 2.24) is 0 Å². The fourth-order valence-electron chi connectivity index (χ4n) is 2.01. The van der Waals surface area contributed by atoms with Crippen LogP contribution in [0.15, 0.2) is 18.2 Å². The van der Waals surface area contributed by atoms with Crippen LogP contribution in [0.5, 0.6) is 0 Å². The molecule has 0 heterocycles. The smallest absolute Gasteiger partial charge is 0.0733 e. The number of hydrogen-bond acceptors (Lipinski definition) is 2. The van der Waals surface area contributed by atoms with E-state index in [1.807, 2.05) is 6.92 Å². The first-order chi connectivity index (χ1) is 7.91. The molecule has 0 aliphatic heterocycles. The van der Waals surface area contributed by atoms with Crippen LogP contribution in [0, 0.1) is 19.8 Å². The normalized spacial score (nSPS) is 15.0. The lowest BCUT2D eigenvalue weighted by Gasteiger charge is -2.22. The van der Waals surface area contributed by atoms with Gasteiger partial charge in [-0.1, -0.05) is 37.6 Å². The van der Waals surface area contributed by atoms with E-state index in [2.05, 4.69) is 39.0 Å². The molecule has 17 heavy (non-hydrogen) atoms. The van der Waals surface area contributed by atoms with E-state index in [-0.39, 0.29) is 6.04 Å². The van der Waals surface area contributed by atoms with Crippen LogP contribution >= 0.6 is 0 Å². The van der Waals surface area contributed by atoms with Gasteiger partial charge in [0.15, 0.2) is 0 Å². The molecule has 0 aliphatic rings. The first-order valence-corrected chi connectivity index (χ1v) is 6.42. The SMILES string of the molecule is Cc1ccc(C)c([C@H](N)[C@H](O)CCC(C)C)c1. The number of rotatable bonds is 5. The van der Waals surface area contributed by atoms with Gasteiger partial charge in [0.2, 0.25) is 0 Å². The van der Waals surface area contributed by atoms with E-state index in [1.54, 1.807) is 0 Å². The number of aryl methyl sites for hydroxylation is 2. The predicted octanol–water partition coefficient (Wildman–Crippen LogP) is 3.10. The zero-order valence-electron chi connectivity index (χ0n) is 11.4. The lowest BCUT2D eigenvalue weighted by molar-refractivity contribution is 0.128. The Labute approximate surface area is 105 Å². The Hall–Kier alpha value is -0.860. The van der Waals surface area contributed by atoms with Crippen LogP contribution in [0.4, 0.5) is 0 Å². The van der Waals surface area contributed by atoms with Gasteiger partial charge < -0.3 is 10.8 Å². The predicted molar refractivity (Wildman–Crippen MR) is 72.9 cm³/mol. The number of nitrogens with two attached hydrogens (primary N) is 1. The summed E-state index contributed by atoms with van der Waals surface area (Å²) < 4.78 is 0. The first kappa shape index (κ1) is 14.2. The highest BCUT2D eigenvalue weighted by Crippen LogP contribution is 2.23. The van der Waals surface area contributed by atoms with Gasteiger partial charge in [-0.15, -0.1) is 0 Å². The molecule has 2 heteroatoms. The van der Waals surface area contributed by atoms with Crippen molar-refractivity contribution in [3.63, 3.8) is 0 Å². The monoisotopic (exact) mass is 235 g/mol. The van der Waals surface area contributed by atoms with Crippen molar-refractivity contribution < 1.29 is 5.11 Å². The topological polar surface area (TPSA) is 46.2 Å². The van der Waals surface area contributed by atoms with Gasteiger partial charge in [0, 0.05) is 0 Å². The van der Waals surface area contributed by atoms with Crippen LogP contribution in [0.2, 0.25) is 0 Å². The lowest BCUT2D eigenvalue weighted by Crippen LogP contribution is -2.27. The maximum Gasteiger partial charge on any atom is 0.0733 e. The second-order valence-electron chi connectivity index (χ2n) is 5.42. The van der Waals surface area contributed by atoms with Crippen molar-refractivity contribution in [3.05, 3.63) is 34.9 Å². The van der Waals surface area contributed by atoms with Gasteiger partial charge in [-0.3, -0.25) is 0 Å². The first-order valence-electron chi connectivity index (χ1n) is 6.42. The van der Waals surface area contributed by atoms with Gasteiger partial charge in [0.1, 0.15) is 0 Å². The molecule has 0 bridgehead atoms. The molecule has 1 aromatic rings. The maximum absolute atomic E-state index is 10.1. The zero-order valence-corrected chi connectivity index (χ0v) is 11.4. The van der Waals surface area contributed by atoms with Gasteiger partial charge in [-0.05, 0) is 43.7 Å². The second kappa shape index (κ2) is 6.18. The molecule has 1 rings (SSSR count). The minimum absolute atomic E-state index is 0.270. The summed E-state index contributed by atoms with van der Waals surface area (Å²) in [7, 11) is 0. The Kier molecular flexibility index (Phi) is 5.16. The molecular formula is C15H25NO. The van der Waals surface area contributed by atoms with E-state index < -0.39 is 6.10 Å². The van der Waals surface area contributed by atoms with Crippen molar-refractivity contribution in [1.29, 1.82) is 0 Å². The third kappa shape index (κ3) is 4.14. The van der Waals surface area contributed by atoms with Gasteiger partial charge in [0.25, 0.3) is 0 Å². The number of benzene rings is 1. The zero-order chi connectivity index (χ0) is 13.0. The van der Waals surface area contributed by atoms with Crippen LogP contribution in [-0.4, -0.2) is 11.2 Å². The summed E-state index contributed by atoms with van der Waals surface area (Å²) in [6.07, 6.45) is 1.34. The highest BCUT2D eigenvalue weighted by Gasteiger charge is 2.18. The highest BCUT2D eigenvalue weighted by molar-refractivity contribution is 5.33. The molecule has 1 aromatic carbocycles. The van der Waals surface area contributed by atoms with Gasteiger partial charge in [-0.25, -0.2) is 0 Å². The average Bonchev–Trinajstić information content (AvgIpc) is 2.28. The van der Waals surface area contributed by atoms with Gasteiger partial charge >= 0.3 is 0 Å². The van der Waals surface area contributed by atoms with Crippen molar-refractivity contribution >= 4 is 0 Å². The van der Waals surface area contributed by atoms with E-state index >= 15 is 0 Å². The van der Waals surface area contributed by atoms with Crippen LogP contribution in [0.1, 0.15) is 49.4 Å². The molecule has 0 spiro atoms. The summed E-state index contributed by atoms with van der Waals surface area (Å²) in [5.74, 6) is 0.607. The summed E-state index contributed by atoms with van der Waals surface area (Å²) >= 11 is 0. The standard InChI is InChI=1S/C15H25NO/c1-10(2)5-8-14(17)15(16)13-9-11(3)6-7-12(13)4/h6-7,9-10,14-15,17H,5,8,16H2,1-4H3/t14-,15+/m1/s1. The molecule has 0 aliphatic carbocycles. The molecule has 96 valence electrons. The quantitative estimate of drug-likeness (QED) is 0.823. The van der Waals surface area contributed by atoms with Crippen LogP contribution in [0.25, 0.3) is 0 Å². The molecule has 3 N–H and O–H groups in total.